The number of hydrogen-bond acceptors (Lipinski definition) is 6. The molecule has 0 aromatic heterocycles. The number of ether oxygens (including phenoxy) is 1. The minimum Gasteiger partial charge on any atom is -0.463 e. The van der Waals surface area contributed by atoms with Crippen molar-refractivity contribution in [2.45, 2.75) is 153 Å². The molecule has 1 aromatic rings. The average Bonchev–Trinajstić information content (AvgIpc) is 2.92. The molecular formula is C32H56O6S. The molecule has 0 bridgehead atoms. The van der Waals surface area contributed by atoms with Crippen molar-refractivity contribution in [3.8, 4) is 0 Å². The van der Waals surface area contributed by atoms with E-state index in [1.807, 2.05) is 6.92 Å². The van der Waals surface area contributed by atoms with Gasteiger partial charge in [-0.2, -0.15) is 8.42 Å². The molecule has 1 N–H and O–H groups in total. The number of esters is 1. The van der Waals surface area contributed by atoms with Crippen LogP contribution in [0.3, 0.4) is 0 Å². The molecule has 1 atom stereocenters. The van der Waals surface area contributed by atoms with Gasteiger partial charge >= 0.3 is 5.97 Å². The third-order valence-electron chi connectivity index (χ3n) is 7.19. The van der Waals surface area contributed by atoms with Crippen LogP contribution in [-0.4, -0.2) is 38.8 Å². The molecule has 7 heteroatoms. The zero-order valence-electron chi connectivity index (χ0n) is 24.8. The van der Waals surface area contributed by atoms with Crippen LogP contribution in [0.2, 0.25) is 0 Å². The SMILES string of the molecule is CCCCCCCCCCCCCCCCCCCCCC(=O)OCC(CO)OS(=O)(=O)c1ccc(C)cc1. The standard InChI is InChI=1S/C32H56O6S/c1-3-4-5-6-7-8-9-10-11-12-13-14-15-16-17-18-19-20-21-22-32(34)37-28-30(27-33)38-39(35,36)31-25-23-29(2)24-26-31/h23-26,30,33H,3-22,27-28H2,1-2H3. The Labute approximate surface area is 239 Å². The van der Waals surface area contributed by atoms with Gasteiger partial charge in [-0.3, -0.25) is 8.98 Å². The molecule has 1 rings (SSSR count). The van der Waals surface area contributed by atoms with Crippen LogP contribution < -0.4 is 0 Å². The first kappa shape index (κ1) is 35.6. The van der Waals surface area contributed by atoms with Gasteiger partial charge in [-0.15, -0.1) is 0 Å². The van der Waals surface area contributed by atoms with E-state index in [-0.39, 0.29) is 11.5 Å². The first-order valence-electron chi connectivity index (χ1n) is 15.7. The van der Waals surface area contributed by atoms with Gasteiger partial charge in [0, 0.05) is 6.42 Å². The monoisotopic (exact) mass is 568 g/mol. The zero-order chi connectivity index (χ0) is 28.6. The summed E-state index contributed by atoms with van der Waals surface area (Å²) in [6.45, 7) is 3.28. The van der Waals surface area contributed by atoms with Crippen LogP contribution in [0.1, 0.15) is 141 Å². The first-order chi connectivity index (χ1) is 18.9. The van der Waals surface area contributed by atoms with E-state index in [1.165, 1.54) is 115 Å². The number of aryl methyl sites for hydroxylation is 1. The Balaban J connectivity index is 1.93. The van der Waals surface area contributed by atoms with E-state index in [4.69, 9.17) is 8.92 Å². The topological polar surface area (TPSA) is 89.9 Å². The normalized spacial score (nSPS) is 12.5. The fourth-order valence-corrected chi connectivity index (χ4v) is 5.71. The predicted molar refractivity (Wildman–Crippen MR) is 159 cm³/mol. The van der Waals surface area contributed by atoms with Crippen molar-refractivity contribution in [2.24, 2.45) is 0 Å². The predicted octanol–water partition coefficient (Wildman–Crippen LogP) is 8.43. The summed E-state index contributed by atoms with van der Waals surface area (Å²) in [5.41, 5.74) is 0.927. The molecule has 0 aliphatic heterocycles. The van der Waals surface area contributed by atoms with Crippen LogP contribution in [0.25, 0.3) is 0 Å². The van der Waals surface area contributed by atoms with Gasteiger partial charge in [0.25, 0.3) is 10.1 Å². The molecule has 6 nitrogen and oxygen atoms in total. The molecular weight excluding hydrogens is 512 g/mol. The Morgan fingerprint density at radius 3 is 1.54 bits per heavy atom. The van der Waals surface area contributed by atoms with Crippen LogP contribution in [0.15, 0.2) is 29.2 Å². The molecule has 1 aromatic carbocycles. The summed E-state index contributed by atoms with van der Waals surface area (Å²) in [4.78, 5) is 12.0. The molecule has 0 saturated carbocycles. The van der Waals surface area contributed by atoms with Crippen molar-refractivity contribution in [3.63, 3.8) is 0 Å². The molecule has 39 heavy (non-hydrogen) atoms. The zero-order valence-corrected chi connectivity index (χ0v) is 25.7. The molecule has 0 heterocycles. The minimum absolute atomic E-state index is 0.00645. The number of aliphatic hydroxyl groups is 1. The number of unbranched alkanes of at least 4 members (excludes halogenated alkanes) is 18. The lowest BCUT2D eigenvalue weighted by atomic mass is 10.0. The second-order valence-corrected chi connectivity index (χ2v) is 12.5. The highest BCUT2D eigenvalue weighted by atomic mass is 32.2. The van der Waals surface area contributed by atoms with Crippen LogP contribution in [0, 0.1) is 6.92 Å². The van der Waals surface area contributed by atoms with Gasteiger partial charge in [0.2, 0.25) is 0 Å². The van der Waals surface area contributed by atoms with Gasteiger partial charge in [0.15, 0.2) is 0 Å². The Morgan fingerprint density at radius 1 is 0.718 bits per heavy atom. The van der Waals surface area contributed by atoms with Crippen molar-refractivity contribution in [2.75, 3.05) is 13.2 Å². The van der Waals surface area contributed by atoms with E-state index >= 15 is 0 Å². The summed E-state index contributed by atoms with van der Waals surface area (Å²) in [5, 5.41) is 9.46. The van der Waals surface area contributed by atoms with Crippen molar-refractivity contribution in [1.82, 2.24) is 0 Å². The largest absolute Gasteiger partial charge is 0.463 e. The summed E-state index contributed by atoms with van der Waals surface area (Å²) in [6.07, 6.45) is 23.9. The highest BCUT2D eigenvalue weighted by Gasteiger charge is 2.22. The molecule has 0 aliphatic rings. The molecule has 0 radical (unpaired) electrons. The van der Waals surface area contributed by atoms with Crippen LogP contribution in [0.4, 0.5) is 0 Å². The van der Waals surface area contributed by atoms with Crippen molar-refractivity contribution in [1.29, 1.82) is 0 Å². The molecule has 1 unspecified atom stereocenters. The van der Waals surface area contributed by atoms with E-state index in [0.29, 0.717) is 6.42 Å². The molecule has 226 valence electrons. The molecule has 0 amide bonds. The second-order valence-electron chi connectivity index (χ2n) is 11.0. The van der Waals surface area contributed by atoms with Gasteiger partial charge < -0.3 is 9.84 Å². The lowest BCUT2D eigenvalue weighted by Crippen LogP contribution is -2.28. The second kappa shape index (κ2) is 23.3. The number of rotatable bonds is 26. The number of carbonyl (C=O) groups excluding carboxylic acids is 1. The highest BCUT2D eigenvalue weighted by Crippen LogP contribution is 2.17. The molecule has 0 spiro atoms. The van der Waals surface area contributed by atoms with Gasteiger partial charge in [-0.25, -0.2) is 0 Å². The maximum absolute atomic E-state index is 12.3. The number of carbonyl (C=O) groups is 1. The van der Waals surface area contributed by atoms with Crippen LogP contribution in [-0.2, 0) is 23.8 Å². The van der Waals surface area contributed by atoms with Gasteiger partial charge in [-0.05, 0) is 25.5 Å². The summed E-state index contributed by atoms with van der Waals surface area (Å²) in [5.74, 6) is -0.392. The fourth-order valence-electron chi connectivity index (χ4n) is 4.66. The van der Waals surface area contributed by atoms with Crippen LogP contribution >= 0.6 is 0 Å². The van der Waals surface area contributed by atoms with Gasteiger partial charge in [-0.1, -0.05) is 140 Å². The van der Waals surface area contributed by atoms with Gasteiger partial charge in [0.1, 0.15) is 12.7 Å². The summed E-state index contributed by atoms with van der Waals surface area (Å²) >= 11 is 0. The third kappa shape index (κ3) is 19.3. The Hall–Kier alpha value is -1.44. The molecule has 0 saturated heterocycles. The average molecular weight is 569 g/mol. The number of hydrogen-bond donors (Lipinski definition) is 1. The Morgan fingerprint density at radius 2 is 1.13 bits per heavy atom. The lowest BCUT2D eigenvalue weighted by Gasteiger charge is -2.15. The van der Waals surface area contributed by atoms with Crippen molar-refractivity contribution < 1.29 is 27.2 Å². The quantitative estimate of drug-likeness (QED) is 0.0685. The fraction of sp³-hybridized carbons (Fsp3) is 0.781. The third-order valence-corrected chi connectivity index (χ3v) is 8.57. The molecule has 0 fully saturated rings. The smallest absolute Gasteiger partial charge is 0.305 e. The Kier molecular flexibility index (Phi) is 21.2. The van der Waals surface area contributed by atoms with E-state index < -0.39 is 28.8 Å². The van der Waals surface area contributed by atoms with Crippen molar-refractivity contribution in [3.05, 3.63) is 29.8 Å². The lowest BCUT2D eigenvalue weighted by molar-refractivity contribution is -0.146. The summed E-state index contributed by atoms with van der Waals surface area (Å²) < 4.78 is 34.9. The summed E-state index contributed by atoms with van der Waals surface area (Å²) in [7, 11) is -4.03. The summed E-state index contributed by atoms with van der Waals surface area (Å²) in [6, 6.07) is 6.24. The highest BCUT2D eigenvalue weighted by molar-refractivity contribution is 7.86. The first-order valence-corrected chi connectivity index (χ1v) is 17.1. The Bertz CT molecular complexity index is 822. The van der Waals surface area contributed by atoms with Gasteiger partial charge in [0.05, 0.1) is 11.5 Å². The van der Waals surface area contributed by atoms with E-state index in [9.17, 15) is 18.3 Å². The van der Waals surface area contributed by atoms with Crippen molar-refractivity contribution >= 4 is 16.1 Å². The maximum Gasteiger partial charge on any atom is 0.305 e. The van der Waals surface area contributed by atoms with E-state index in [1.54, 1.807) is 12.1 Å². The van der Waals surface area contributed by atoms with Crippen LogP contribution in [0.5, 0.6) is 0 Å². The number of aliphatic hydroxyl groups excluding tert-OH is 1. The maximum atomic E-state index is 12.3. The van der Waals surface area contributed by atoms with E-state index in [0.717, 1.165) is 24.8 Å². The van der Waals surface area contributed by atoms with E-state index in [2.05, 4.69) is 6.92 Å². The number of benzene rings is 1. The minimum atomic E-state index is -4.03. The molecule has 0 aliphatic carbocycles.